The molecule has 23 heavy (non-hydrogen) atoms. The van der Waals surface area contributed by atoms with E-state index in [-0.39, 0.29) is 6.10 Å². The van der Waals surface area contributed by atoms with Crippen molar-refractivity contribution >= 4 is 18.9 Å². The van der Waals surface area contributed by atoms with Crippen molar-refractivity contribution in [3.05, 3.63) is 60.7 Å². The maximum Gasteiger partial charge on any atom is 0.407 e. The zero-order valence-corrected chi connectivity index (χ0v) is 14.5. The maximum absolute atomic E-state index is 9.50. The van der Waals surface area contributed by atoms with Crippen LogP contribution in [0.1, 0.15) is 20.3 Å². The van der Waals surface area contributed by atoms with E-state index in [0.717, 1.165) is 16.8 Å². The number of hydrogen-bond acceptors (Lipinski definition) is 3. The van der Waals surface area contributed by atoms with Crippen LogP contribution in [0.4, 0.5) is 0 Å². The Hall–Kier alpha value is -1.93. The molecule has 0 N–H and O–H groups in total. The second-order valence-electron chi connectivity index (χ2n) is 6.43. The molecule has 0 unspecified atom stereocenters. The SMILES string of the molecule is CC(C)(C#N)[C@@H]1CCO[Si](c2ccccc2)(c2ccccc2)O1. The molecule has 1 aliphatic heterocycles. The van der Waals surface area contributed by atoms with E-state index in [1.165, 1.54) is 0 Å². The molecule has 1 saturated heterocycles. The minimum atomic E-state index is -2.78. The lowest BCUT2D eigenvalue weighted by atomic mass is 9.87. The molecule has 3 rings (SSSR count). The molecule has 0 bridgehead atoms. The molecule has 1 heterocycles. The van der Waals surface area contributed by atoms with E-state index >= 15 is 0 Å². The molecule has 0 aromatic heterocycles. The summed E-state index contributed by atoms with van der Waals surface area (Å²) < 4.78 is 12.9. The van der Waals surface area contributed by atoms with E-state index in [1.807, 2.05) is 50.2 Å². The van der Waals surface area contributed by atoms with Gasteiger partial charge in [-0.1, -0.05) is 60.7 Å². The first kappa shape index (κ1) is 15.9. The average molecular weight is 323 g/mol. The predicted octanol–water partition coefficient (Wildman–Crippen LogP) is 2.60. The first-order valence-electron chi connectivity index (χ1n) is 7.92. The highest BCUT2D eigenvalue weighted by Gasteiger charge is 2.50. The normalized spacial score (nSPS) is 20.7. The molecular formula is C19H21NO2Si. The van der Waals surface area contributed by atoms with E-state index in [9.17, 15) is 5.26 Å². The Labute approximate surface area is 138 Å². The summed E-state index contributed by atoms with van der Waals surface area (Å²) in [6.07, 6.45) is 0.614. The molecule has 2 aromatic carbocycles. The Kier molecular flexibility index (Phi) is 4.36. The minimum absolute atomic E-state index is 0.131. The third-order valence-electron chi connectivity index (χ3n) is 4.39. The highest BCUT2D eigenvalue weighted by molar-refractivity contribution is 6.92. The van der Waals surface area contributed by atoms with Gasteiger partial charge < -0.3 is 8.85 Å². The van der Waals surface area contributed by atoms with E-state index in [4.69, 9.17) is 8.85 Å². The third kappa shape index (κ3) is 2.96. The standard InChI is InChI=1S/C19H21NO2Si/c1-19(2,15-20)18-13-14-21-23(22-18,16-9-5-3-6-10-16)17-11-7-4-8-12-17/h3-12,18H,13-14H2,1-2H3/t18-/m0/s1. The van der Waals surface area contributed by atoms with Crippen LogP contribution in [-0.2, 0) is 8.85 Å². The monoisotopic (exact) mass is 323 g/mol. The van der Waals surface area contributed by atoms with Crippen LogP contribution in [0.2, 0.25) is 0 Å². The van der Waals surface area contributed by atoms with Gasteiger partial charge in [0, 0.05) is 6.61 Å². The Balaban J connectivity index is 2.09. The zero-order valence-electron chi connectivity index (χ0n) is 13.5. The van der Waals surface area contributed by atoms with Gasteiger partial charge in [-0.25, -0.2) is 0 Å². The molecule has 0 amide bonds. The van der Waals surface area contributed by atoms with Gasteiger partial charge in [0.25, 0.3) is 0 Å². The van der Waals surface area contributed by atoms with Crippen LogP contribution >= 0.6 is 0 Å². The summed E-state index contributed by atoms with van der Waals surface area (Å²) in [5, 5.41) is 11.7. The Morgan fingerprint density at radius 3 is 2.00 bits per heavy atom. The van der Waals surface area contributed by atoms with Crippen LogP contribution in [0.5, 0.6) is 0 Å². The van der Waals surface area contributed by atoms with Crippen LogP contribution in [0.3, 0.4) is 0 Å². The summed E-state index contributed by atoms with van der Waals surface area (Å²) in [6, 6.07) is 22.7. The zero-order chi connectivity index (χ0) is 16.3. The van der Waals surface area contributed by atoms with Crippen molar-refractivity contribution in [1.29, 1.82) is 5.26 Å². The van der Waals surface area contributed by atoms with Crippen LogP contribution in [0, 0.1) is 16.7 Å². The summed E-state index contributed by atoms with van der Waals surface area (Å²) in [5.74, 6) is 0. The summed E-state index contributed by atoms with van der Waals surface area (Å²) in [5.41, 5.74) is -0.536. The van der Waals surface area contributed by atoms with Crippen molar-refractivity contribution in [2.75, 3.05) is 6.61 Å². The summed E-state index contributed by atoms with van der Waals surface area (Å²) in [7, 11) is -2.78. The fourth-order valence-electron chi connectivity index (χ4n) is 2.97. The van der Waals surface area contributed by atoms with Crippen molar-refractivity contribution in [2.24, 2.45) is 5.41 Å². The van der Waals surface area contributed by atoms with Crippen molar-refractivity contribution in [2.45, 2.75) is 26.4 Å². The summed E-state index contributed by atoms with van der Waals surface area (Å²) in [4.78, 5) is 0. The summed E-state index contributed by atoms with van der Waals surface area (Å²) >= 11 is 0. The maximum atomic E-state index is 9.50. The molecule has 0 radical (unpaired) electrons. The topological polar surface area (TPSA) is 42.2 Å². The van der Waals surface area contributed by atoms with E-state index < -0.39 is 14.0 Å². The molecule has 0 saturated carbocycles. The molecule has 1 fully saturated rings. The molecule has 2 aromatic rings. The smallest absolute Gasteiger partial charge is 0.388 e. The fraction of sp³-hybridized carbons (Fsp3) is 0.316. The molecule has 118 valence electrons. The molecule has 0 spiro atoms. The van der Waals surface area contributed by atoms with E-state index in [0.29, 0.717) is 6.61 Å². The lowest BCUT2D eigenvalue weighted by Crippen LogP contribution is -2.68. The van der Waals surface area contributed by atoms with E-state index in [1.54, 1.807) is 0 Å². The van der Waals surface area contributed by atoms with Gasteiger partial charge in [0.05, 0.1) is 17.6 Å². The Bertz CT molecular complexity index is 655. The van der Waals surface area contributed by atoms with Gasteiger partial charge in [-0.15, -0.1) is 0 Å². The number of benzene rings is 2. The number of nitriles is 1. The highest BCUT2D eigenvalue weighted by Crippen LogP contribution is 2.31. The van der Waals surface area contributed by atoms with E-state index in [2.05, 4.69) is 30.3 Å². The first-order valence-corrected chi connectivity index (χ1v) is 9.74. The Morgan fingerprint density at radius 1 is 1.00 bits per heavy atom. The van der Waals surface area contributed by atoms with Crippen LogP contribution in [0.25, 0.3) is 0 Å². The second-order valence-corrected chi connectivity index (χ2v) is 9.34. The second kappa shape index (κ2) is 6.29. The largest absolute Gasteiger partial charge is 0.407 e. The van der Waals surface area contributed by atoms with Gasteiger partial charge in [0.2, 0.25) is 0 Å². The number of nitrogens with zero attached hydrogens (tertiary/aromatic N) is 1. The molecule has 3 nitrogen and oxygen atoms in total. The molecule has 1 atom stereocenters. The molecular weight excluding hydrogens is 302 g/mol. The lowest BCUT2D eigenvalue weighted by molar-refractivity contribution is 0.0128. The minimum Gasteiger partial charge on any atom is -0.388 e. The van der Waals surface area contributed by atoms with Crippen molar-refractivity contribution in [3.63, 3.8) is 0 Å². The van der Waals surface area contributed by atoms with Gasteiger partial charge in [-0.05, 0) is 30.6 Å². The summed E-state index contributed by atoms with van der Waals surface area (Å²) in [6.45, 7) is 4.50. The van der Waals surface area contributed by atoms with Gasteiger partial charge in [-0.3, -0.25) is 0 Å². The van der Waals surface area contributed by atoms with Crippen molar-refractivity contribution in [3.8, 4) is 6.07 Å². The van der Waals surface area contributed by atoms with Crippen LogP contribution in [-0.4, -0.2) is 21.3 Å². The third-order valence-corrected chi connectivity index (χ3v) is 7.81. The fourth-order valence-corrected chi connectivity index (χ4v) is 6.46. The van der Waals surface area contributed by atoms with Gasteiger partial charge in [-0.2, -0.15) is 5.26 Å². The first-order chi connectivity index (χ1) is 11.1. The van der Waals surface area contributed by atoms with Gasteiger partial charge in [0.1, 0.15) is 0 Å². The molecule has 0 aliphatic carbocycles. The molecule has 1 aliphatic rings. The van der Waals surface area contributed by atoms with Gasteiger partial charge >= 0.3 is 8.56 Å². The lowest BCUT2D eigenvalue weighted by Gasteiger charge is -2.43. The highest BCUT2D eigenvalue weighted by atomic mass is 28.4. The quantitative estimate of drug-likeness (QED) is 0.816. The van der Waals surface area contributed by atoms with Gasteiger partial charge in [0.15, 0.2) is 0 Å². The average Bonchev–Trinajstić information content (AvgIpc) is 2.63. The van der Waals surface area contributed by atoms with Crippen LogP contribution in [0.15, 0.2) is 60.7 Å². The molecule has 4 heteroatoms. The predicted molar refractivity (Wildman–Crippen MR) is 92.7 cm³/mol. The Morgan fingerprint density at radius 2 is 1.52 bits per heavy atom. The van der Waals surface area contributed by atoms with Crippen molar-refractivity contribution in [1.82, 2.24) is 0 Å². The van der Waals surface area contributed by atoms with Crippen LogP contribution < -0.4 is 10.4 Å². The van der Waals surface area contributed by atoms with Crippen molar-refractivity contribution < 1.29 is 8.85 Å². The number of rotatable bonds is 3. The number of hydrogen-bond donors (Lipinski definition) is 0.